The number of rotatable bonds is 2. The second-order valence-corrected chi connectivity index (χ2v) is 3.86. The molecule has 0 saturated heterocycles. The van der Waals surface area contributed by atoms with E-state index in [1.54, 1.807) is 0 Å². The van der Waals surface area contributed by atoms with Crippen LogP contribution >= 0.6 is 11.6 Å². The maximum absolute atomic E-state index is 13.2. The van der Waals surface area contributed by atoms with Crippen molar-refractivity contribution in [2.24, 2.45) is 0 Å². The van der Waals surface area contributed by atoms with E-state index in [1.807, 2.05) is 0 Å². The summed E-state index contributed by atoms with van der Waals surface area (Å²) in [7, 11) is 0. The van der Waals surface area contributed by atoms with Crippen LogP contribution in [0.4, 0.5) is 4.39 Å². The molecule has 0 radical (unpaired) electrons. The first-order valence-electron chi connectivity index (χ1n) is 4.65. The molecule has 0 saturated carbocycles. The van der Waals surface area contributed by atoms with Gasteiger partial charge in [-0.2, -0.15) is 0 Å². The van der Waals surface area contributed by atoms with Crippen molar-refractivity contribution in [2.45, 2.75) is 6.92 Å². The SMILES string of the molecule is Cc1onc(-c2cc(F)cc(Cl)c2)c1C(=O)O. The molecule has 88 valence electrons. The maximum atomic E-state index is 13.2. The third-order valence-electron chi connectivity index (χ3n) is 2.21. The van der Waals surface area contributed by atoms with E-state index in [0.717, 1.165) is 12.1 Å². The monoisotopic (exact) mass is 255 g/mol. The van der Waals surface area contributed by atoms with Gasteiger partial charge in [-0.25, -0.2) is 9.18 Å². The first-order chi connectivity index (χ1) is 7.99. The number of benzene rings is 1. The Morgan fingerprint density at radius 2 is 2.18 bits per heavy atom. The van der Waals surface area contributed by atoms with E-state index in [9.17, 15) is 9.18 Å². The highest BCUT2D eigenvalue weighted by Gasteiger charge is 2.21. The molecule has 0 spiro atoms. The molecule has 6 heteroatoms. The zero-order valence-corrected chi connectivity index (χ0v) is 9.45. The maximum Gasteiger partial charge on any atom is 0.341 e. The quantitative estimate of drug-likeness (QED) is 0.895. The second kappa shape index (κ2) is 4.18. The van der Waals surface area contributed by atoms with Gasteiger partial charge in [0.25, 0.3) is 0 Å². The van der Waals surface area contributed by atoms with Gasteiger partial charge < -0.3 is 9.63 Å². The predicted molar refractivity (Wildman–Crippen MR) is 58.6 cm³/mol. The lowest BCUT2D eigenvalue weighted by molar-refractivity contribution is 0.0695. The first kappa shape index (κ1) is 11.6. The van der Waals surface area contributed by atoms with Gasteiger partial charge in [0.05, 0.1) is 0 Å². The Balaban J connectivity index is 2.64. The van der Waals surface area contributed by atoms with E-state index in [-0.39, 0.29) is 27.6 Å². The summed E-state index contributed by atoms with van der Waals surface area (Å²) in [5, 5.41) is 12.8. The van der Waals surface area contributed by atoms with Gasteiger partial charge in [-0.1, -0.05) is 16.8 Å². The number of aromatic carboxylic acids is 1. The molecule has 0 atom stereocenters. The van der Waals surface area contributed by atoms with Crippen LogP contribution in [0.3, 0.4) is 0 Å². The van der Waals surface area contributed by atoms with Crippen LogP contribution in [0.5, 0.6) is 0 Å². The lowest BCUT2D eigenvalue weighted by Gasteiger charge is -2.00. The van der Waals surface area contributed by atoms with Gasteiger partial charge in [-0.05, 0) is 25.1 Å². The average Bonchev–Trinajstić information content (AvgIpc) is 2.58. The number of hydrogen-bond donors (Lipinski definition) is 1. The van der Waals surface area contributed by atoms with Crippen molar-refractivity contribution >= 4 is 17.6 Å². The van der Waals surface area contributed by atoms with Crippen LogP contribution < -0.4 is 0 Å². The molecular weight excluding hydrogens is 249 g/mol. The third-order valence-corrected chi connectivity index (χ3v) is 2.43. The second-order valence-electron chi connectivity index (χ2n) is 3.43. The van der Waals surface area contributed by atoms with Crippen LogP contribution in [0, 0.1) is 12.7 Å². The number of hydrogen-bond acceptors (Lipinski definition) is 3. The minimum Gasteiger partial charge on any atom is -0.477 e. The summed E-state index contributed by atoms with van der Waals surface area (Å²) in [6, 6.07) is 3.70. The Bertz CT molecular complexity index is 574. The number of aryl methyl sites for hydroxylation is 1. The van der Waals surface area contributed by atoms with Gasteiger partial charge in [0.15, 0.2) is 0 Å². The largest absolute Gasteiger partial charge is 0.477 e. The minimum absolute atomic E-state index is 0.0661. The Morgan fingerprint density at radius 3 is 2.76 bits per heavy atom. The fraction of sp³-hybridized carbons (Fsp3) is 0.0909. The molecule has 0 aliphatic heterocycles. The molecule has 0 amide bonds. The van der Waals surface area contributed by atoms with E-state index in [1.165, 1.54) is 13.0 Å². The Hall–Kier alpha value is -1.88. The summed E-state index contributed by atoms with van der Waals surface area (Å²) in [5.41, 5.74) is 0.243. The molecule has 1 heterocycles. The summed E-state index contributed by atoms with van der Waals surface area (Å²) in [6.45, 7) is 1.47. The molecule has 0 fully saturated rings. The van der Waals surface area contributed by atoms with E-state index >= 15 is 0 Å². The van der Waals surface area contributed by atoms with Gasteiger partial charge in [-0.15, -0.1) is 0 Å². The number of carboxylic acids is 1. The Kier molecular flexibility index (Phi) is 2.85. The molecule has 4 nitrogen and oxygen atoms in total. The van der Waals surface area contributed by atoms with Gasteiger partial charge in [0.2, 0.25) is 0 Å². The van der Waals surface area contributed by atoms with Gasteiger partial charge in [0.1, 0.15) is 22.8 Å². The van der Waals surface area contributed by atoms with Crippen LogP contribution in [0.15, 0.2) is 22.7 Å². The van der Waals surface area contributed by atoms with Crippen molar-refractivity contribution in [3.05, 3.63) is 40.4 Å². The zero-order valence-electron chi connectivity index (χ0n) is 8.70. The van der Waals surface area contributed by atoms with Gasteiger partial charge in [0, 0.05) is 10.6 Å². The molecule has 1 N–H and O–H groups in total. The third kappa shape index (κ3) is 2.14. The number of carboxylic acid groups (broad SMARTS) is 1. The highest BCUT2D eigenvalue weighted by atomic mass is 35.5. The summed E-state index contributed by atoms with van der Waals surface area (Å²) < 4.78 is 18.0. The molecule has 1 aromatic carbocycles. The Morgan fingerprint density at radius 1 is 1.47 bits per heavy atom. The Labute approximate surface area is 101 Å². The van der Waals surface area contributed by atoms with Crippen LogP contribution in [0.2, 0.25) is 5.02 Å². The van der Waals surface area contributed by atoms with E-state index in [0.29, 0.717) is 0 Å². The molecule has 0 bridgehead atoms. The van der Waals surface area contributed by atoms with E-state index in [4.69, 9.17) is 21.2 Å². The van der Waals surface area contributed by atoms with Crippen molar-refractivity contribution in [2.75, 3.05) is 0 Å². The van der Waals surface area contributed by atoms with Gasteiger partial charge >= 0.3 is 5.97 Å². The number of nitrogens with zero attached hydrogens (tertiary/aromatic N) is 1. The van der Waals surface area contributed by atoms with Crippen molar-refractivity contribution in [1.82, 2.24) is 5.16 Å². The lowest BCUT2D eigenvalue weighted by atomic mass is 10.1. The molecule has 2 rings (SSSR count). The summed E-state index contributed by atoms with van der Waals surface area (Å²) >= 11 is 5.69. The standard InChI is InChI=1S/C11H7ClFNO3/c1-5-9(11(15)16)10(14-17-5)6-2-7(12)4-8(13)3-6/h2-4H,1H3,(H,15,16). The fourth-order valence-corrected chi connectivity index (χ4v) is 1.73. The molecule has 0 unspecified atom stereocenters. The topological polar surface area (TPSA) is 63.3 Å². The molecular formula is C11H7ClFNO3. The van der Waals surface area contributed by atoms with Crippen molar-refractivity contribution < 1.29 is 18.8 Å². The highest BCUT2D eigenvalue weighted by Crippen LogP contribution is 2.28. The summed E-state index contributed by atoms with van der Waals surface area (Å²) in [4.78, 5) is 11.0. The van der Waals surface area contributed by atoms with Gasteiger partial charge in [-0.3, -0.25) is 0 Å². The first-order valence-corrected chi connectivity index (χ1v) is 5.03. The fourth-order valence-electron chi connectivity index (χ4n) is 1.51. The summed E-state index contributed by atoms with van der Waals surface area (Å²) in [6.07, 6.45) is 0. The average molecular weight is 256 g/mol. The lowest BCUT2D eigenvalue weighted by Crippen LogP contribution is -1.99. The molecule has 17 heavy (non-hydrogen) atoms. The molecule has 1 aromatic heterocycles. The van der Waals surface area contributed by atoms with Crippen molar-refractivity contribution in [3.63, 3.8) is 0 Å². The van der Waals surface area contributed by atoms with Crippen LogP contribution in [0.25, 0.3) is 11.3 Å². The zero-order chi connectivity index (χ0) is 12.6. The summed E-state index contributed by atoms with van der Waals surface area (Å²) in [5.74, 6) is -1.59. The number of halogens is 2. The van der Waals surface area contributed by atoms with Crippen LogP contribution in [-0.2, 0) is 0 Å². The number of carbonyl (C=O) groups is 1. The van der Waals surface area contributed by atoms with Crippen molar-refractivity contribution in [1.29, 1.82) is 0 Å². The van der Waals surface area contributed by atoms with Crippen LogP contribution in [0.1, 0.15) is 16.1 Å². The minimum atomic E-state index is -1.18. The molecule has 2 aromatic rings. The normalized spacial score (nSPS) is 10.5. The van der Waals surface area contributed by atoms with Crippen molar-refractivity contribution in [3.8, 4) is 11.3 Å². The smallest absolute Gasteiger partial charge is 0.341 e. The molecule has 0 aliphatic carbocycles. The molecule has 0 aliphatic rings. The van der Waals surface area contributed by atoms with E-state index in [2.05, 4.69) is 5.16 Å². The van der Waals surface area contributed by atoms with Crippen LogP contribution in [-0.4, -0.2) is 16.2 Å². The highest BCUT2D eigenvalue weighted by molar-refractivity contribution is 6.30. The predicted octanol–water partition coefficient (Wildman–Crippen LogP) is 3.14. The number of aromatic nitrogens is 1. The van der Waals surface area contributed by atoms with E-state index < -0.39 is 11.8 Å².